The van der Waals surface area contributed by atoms with E-state index in [-0.39, 0.29) is 18.0 Å². The molecule has 1 aliphatic heterocycles. The number of nitrogens with zero attached hydrogens (tertiary/aromatic N) is 5. The van der Waals surface area contributed by atoms with Crippen LogP contribution in [0.1, 0.15) is 30.5 Å². The molecule has 2 aromatic rings. The van der Waals surface area contributed by atoms with Crippen LogP contribution in [0.5, 0.6) is 0 Å². The Balaban J connectivity index is 2.09. The maximum absolute atomic E-state index is 11.9. The molecule has 0 spiro atoms. The Labute approximate surface area is 164 Å². The van der Waals surface area contributed by atoms with Gasteiger partial charge in [0.05, 0.1) is 11.5 Å². The molecule has 0 amide bonds. The summed E-state index contributed by atoms with van der Waals surface area (Å²) in [5, 5.41) is 21.2. The number of aromatic nitrogens is 2. The van der Waals surface area contributed by atoms with Gasteiger partial charge in [-0.1, -0.05) is 36.4 Å². The second-order valence-corrected chi connectivity index (χ2v) is 6.78. The van der Waals surface area contributed by atoms with Crippen molar-refractivity contribution in [2.45, 2.75) is 19.3 Å². The van der Waals surface area contributed by atoms with E-state index in [4.69, 9.17) is 0 Å². The minimum Gasteiger partial charge on any atom is -0.395 e. The fourth-order valence-electron chi connectivity index (χ4n) is 3.23. The van der Waals surface area contributed by atoms with Gasteiger partial charge in [0.15, 0.2) is 0 Å². The first kappa shape index (κ1) is 19.8. The van der Waals surface area contributed by atoms with E-state index in [2.05, 4.69) is 9.97 Å². The Morgan fingerprint density at radius 1 is 1.18 bits per heavy atom. The monoisotopic (exact) mass is 383 g/mol. The molecule has 28 heavy (non-hydrogen) atoms. The number of rotatable bonds is 7. The average molecular weight is 383 g/mol. The minimum absolute atomic E-state index is 0.0505. The Kier molecular flexibility index (Phi) is 6.54. The first-order chi connectivity index (χ1) is 13.6. The molecule has 1 aliphatic rings. The summed E-state index contributed by atoms with van der Waals surface area (Å²) in [4.78, 5) is 24.1. The highest BCUT2D eigenvalue weighted by atomic mass is 16.6. The topological polar surface area (TPSA) is 95.6 Å². The third kappa shape index (κ3) is 4.64. The van der Waals surface area contributed by atoms with Crippen molar-refractivity contribution in [3.8, 4) is 0 Å². The molecule has 148 valence electrons. The average Bonchev–Trinajstić information content (AvgIpc) is 2.73. The van der Waals surface area contributed by atoms with Crippen LogP contribution in [0.25, 0.3) is 12.2 Å². The van der Waals surface area contributed by atoms with Crippen LogP contribution in [-0.4, -0.2) is 53.3 Å². The second-order valence-electron chi connectivity index (χ2n) is 6.78. The molecule has 1 saturated heterocycles. The maximum atomic E-state index is 11.9. The number of piperidine rings is 1. The lowest BCUT2D eigenvalue weighted by molar-refractivity contribution is -0.384. The van der Waals surface area contributed by atoms with Crippen molar-refractivity contribution >= 4 is 29.6 Å². The SMILES string of the molecule is CN(CCO)c1nc(C=Cc2ccccc2)c([N+](=O)[O-])c(N2CCCCC2)n1. The van der Waals surface area contributed by atoms with Crippen molar-refractivity contribution in [1.82, 2.24) is 9.97 Å². The smallest absolute Gasteiger partial charge is 0.337 e. The van der Waals surface area contributed by atoms with Crippen molar-refractivity contribution < 1.29 is 10.0 Å². The molecular formula is C20H25N5O3. The lowest BCUT2D eigenvalue weighted by Crippen LogP contribution is -2.32. The lowest BCUT2D eigenvalue weighted by atomic mass is 10.1. The van der Waals surface area contributed by atoms with Crippen LogP contribution >= 0.6 is 0 Å². The van der Waals surface area contributed by atoms with Gasteiger partial charge in [0.25, 0.3) is 0 Å². The molecule has 1 N–H and O–H groups in total. The van der Waals surface area contributed by atoms with E-state index in [0.717, 1.165) is 37.9 Å². The van der Waals surface area contributed by atoms with Gasteiger partial charge in [-0.05, 0) is 30.9 Å². The molecule has 0 radical (unpaired) electrons. The van der Waals surface area contributed by atoms with Crippen LogP contribution in [0.15, 0.2) is 30.3 Å². The first-order valence-electron chi connectivity index (χ1n) is 9.46. The second kappa shape index (κ2) is 9.27. The summed E-state index contributed by atoms with van der Waals surface area (Å²) in [5.74, 6) is 0.722. The van der Waals surface area contributed by atoms with Crippen LogP contribution in [0.3, 0.4) is 0 Å². The normalized spacial score (nSPS) is 14.4. The van der Waals surface area contributed by atoms with Crippen molar-refractivity contribution in [3.63, 3.8) is 0 Å². The predicted octanol–water partition coefficient (Wildman–Crippen LogP) is 2.97. The zero-order valence-electron chi connectivity index (χ0n) is 16.0. The van der Waals surface area contributed by atoms with Gasteiger partial charge >= 0.3 is 5.69 Å². The highest BCUT2D eigenvalue weighted by Gasteiger charge is 2.29. The number of anilines is 2. The van der Waals surface area contributed by atoms with Gasteiger partial charge in [-0.2, -0.15) is 4.98 Å². The van der Waals surface area contributed by atoms with E-state index < -0.39 is 4.92 Å². The molecule has 1 fully saturated rings. The van der Waals surface area contributed by atoms with E-state index in [1.54, 1.807) is 18.0 Å². The van der Waals surface area contributed by atoms with Crippen molar-refractivity contribution in [2.24, 2.45) is 0 Å². The molecule has 0 bridgehead atoms. The Morgan fingerprint density at radius 2 is 1.89 bits per heavy atom. The molecule has 8 heteroatoms. The van der Waals surface area contributed by atoms with E-state index in [9.17, 15) is 15.2 Å². The molecule has 0 unspecified atom stereocenters. The Morgan fingerprint density at radius 3 is 2.54 bits per heavy atom. The molecule has 0 saturated carbocycles. The highest BCUT2D eigenvalue weighted by molar-refractivity contribution is 5.77. The molecule has 3 rings (SSSR count). The molecule has 1 aromatic carbocycles. The molecular weight excluding hydrogens is 358 g/mol. The molecule has 8 nitrogen and oxygen atoms in total. The van der Waals surface area contributed by atoms with E-state index in [0.29, 0.717) is 18.3 Å². The molecule has 2 heterocycles. The zero-order valence-corrected chi connectivity index (χ0v) is 16.0. The lowest BCUT2D eigenvalue weighted by Gasteiger charge is -2.28. The van der Waals surface area contributed by atoms with Crippen molar-refractivity contribution in [2.75, 3.05) is 43.1 Å². The first-order valence-corrected chi connectivity index (χ1v) is 9.46. The number of aliphatic hydroxyl groups is 1. The molecule has 0 atom stereocenters. The predicted molar refractivity (Wildman–Crippen MR) is 110 cm³/mol. The number of likely N-dealkylation sites (N-methyl/N-ethyl adjacent to an activating group) is 1. The molecule has 1 aromatic heterocycles. The van der Waals surface area contributed by atoms with Gasteiger partial charge in [0.2, 0.25) is 11.8 Å². The van der Waals surface area contributed by atoms with Gasteiger partial charge in [-0.25, -0.2) is 4.98 Å². The number of hydrogen-bond acceptors (Lipinski definition) is 7. The number of benzene rings is 1. The third-order valence-electron chi connectivity index (χ3n) is 4.73. The fraction of sp³-hybridized carbons (Fsp3) is 0.400. The van der Waals surface area contributed by atoms with Crippen LogP contribution in [0, 0.1) is 10.1 Å². The highest BCUT2D eigenvalue weighted by Crippen LogP contribution is 2.33. The fourth-order valence-corrected chi connectivity index (χ4v) is 3.23. The number of hydrogen-bond donors (Lipinski definition) is 1. The summed E-state index contributed by atoms with van der Waals surface area (Å²) in [6, 6.07) is 9.59. The van der Waals surface area contributed by atoms with Gasteiger partial charge in [-0.15, -0.1) is 0 Å². The van der Waals surface area contributed by atoms with Gasteiger partial charge < -0.3 is 14.9 Å². The number of aliphatic hydroxyl groups excluding tert-OH is 1. The largest absolute Gasteiger partial charge is 0.395 e. The van der Waals surface area contributed by atoms with E-state index in [1.807, 2.05) is 41.3 Å². The third-order valence-corrected chi connectivity index (χ3v) is 4.73. The summed E-state index contributed by atoms with van der Waals surface area (Å²) in [6.07, 6.45) is 6.56. The van der Waals surface area contributed by atoms with Crippen LogP contribution in [0.2, 0.25) is 0 Å². The summed E-state index contributed by atoms with van der Waals surface area (Å²) in [5.41, 5.74) is 1.12. The summed E-state index contributed by atoms with van der Waals surface area (Å²) < 4.78 is 0. The quantitative estimate of drug-likeness (QED) is 0.580. The Bertz CT molecular complexity index is 835. The standard InChI is InChI=1S/C20H25N5O3/c1-23(14-15-26)20-21-17(11-10-16-8-4-2-5-9-16)18(25(27)28)19(22-20)24-12-6-3-7-13-24/h2,4-5,8-11,26H,3,6-7,12-15H2,1H3. The van der Waals surface area contributed by atoms with Gasteiger partial charge in [0.1, 0.15) is 5.69 Å². The van der Waals surface area contributed by atoms with Gasteiger partial charge in [-0.3, -0.25) is 10.1 Å². The summed E-state index contributed by atoms with van der Waals surface area (Å²) >= 11 is 0. The van der Waals surface area contributed by atoms with E-state index in [1.165, 1.54) is 0 Å². The van der Waals surface area contributed by atoms with Crippen LogP contribution in [-0.2, 0) is 0 Å². The van der Waals surface area contributed by atoms with Crippen LogP contribution in [0.4, 0.5) is 17.5 Å². The Hall–Kier alpha value is -3.00. The number of nitro groups is 1. The molecule has 0 aliphatic carbocycles. The summed E-state index contributed by atoms with van der Waals surface area (Å²) in [6.45, 7) is 1.77. The van der Waals surface area contributed by atoms with Gasteiger partial charge in [0, 0.05) is 26.7 Å². The van der Waals surface area contributed by atoms with E-state index >= 15 is 0 Å². The van der Waals surface area contributed by atoms with Crippen molar-refractivity contribution in [3.05, 3.63) is 51.7 Å². The van der Waals surface area contributed by atoms with Crippen LogP contribution < -0.4 is 9.80 Å². The van der Waals surface area contributed by atoms with Crippen molar-refractivity contribution in [1.29, 1.82) is 0 Å². The summed E-state index contributed by atoms with van der Waals surface area (Å²) in [7, 11) is 1.77. The maximum Gasteiger partial charge on any atom is 0.337 e. The minimum atomic E-state index is -0.398. The zero-order chi connectivity index (χ0) is 19.9.